The summed E-state index contributed by atoms with van der Waals surface area (Å²) in [6.07, 6.45) is 1.98. The van der Waals surface area contributed by atoms with Crippen LogP contribution in [0.15, 0.2) is 47.4 Å². The number of anilines is 2. The predicted octanol–water partition coefficient (Wildman–Crippen LogP) is 3.90. The van der Waals surface area contributed by atoms with Crippen LogP contribution in [0.5, 0.6) is 0 Å². The van der Waals surface area contributed by atoms with Gasteiger partial charge in [-0.15, -0.1) is 11.8 Å². The number of benzene rings is 2. The highest BCUT2D eigenvalue weighted by atomic mass is 35.5. The van der Waals surface area contributed by atoms with Crippen LogP contribution >= 0.6 is 23.4 Å². The van der Waals surface area contributed by atoms with Gasteiger partial charge in [0.15, 0.2) is 0 Å². The molecule has 0 aliphatic rings. The third-order valence-corrected chi connectivity index (χ3v) is 3.55. The molecule has 0 aromatic heterocycles. The van der Waals surface area contributed by atoms with Crippen LogP contribution in [0.25, 0.3) is 0 Å². The summed E-state index contributed by atoms with van der Waals surface area (Å²) in [6.45, 7) is 0. The first-order valence-electron chi connectivity index (χ1n) is 5.60. The zero-order chi connectivity index (χ0) is 13.8. The number of thioether (sulfide) groups is 1. The number of amides is 1. The number of hydrogen-bond acceptors (Lipinski definition) is 3. The first-order chi connectivity index (χ1) is 9.10. The largest absolute Gasteiger partial charge is 0.398 e. The molecule has 0 aliphatic carbocycles. The minimum absolute atomic E-state index is 0.243. The van der Waals surface area contributed by atoms with Crippen molar-refractivity contribution >= 4 is 40.6 Å². The van der Waals surface area contributed by atoms with Crippen molar-refractivity contribution < 1.29 is 4.79 Å². The van der Waals surface area contributed by atoms with Gasteiger partial charge in [-0.25, -0.2) is 0 Å². The van der Waals surface area contributed by atoms with Gasteiger partial charge in [0.2, 0.25) is 0 Å². The Bertz CT molecular complexity index is 616. The summed E-state index contributed by atoms with van der Waals surface area (Å²) in [4.78, 5) is 13.2. The van der Waals surface area contributed by atoms with Crippen LogP contribution in [0.3, 0.4) is 0 Å². The van der Waals surface area contributed by atoms with Gasteiger partial charge in [-0.3, -0.25) is 4.79 Å². The summed E-state index contributed by atoms with van der Waals surface area (Å²) in [6, 6.07) is 12.5. The number of nitrogens with one attached hydrogen (secondary N) is 1. The summed E-state index contributed by atoms with van der Waals surface area (Å²) < 4.78 is 0. The number of nitrogen functional groups attached to an aromatic ring is 1. The lowest BCUT2D eigenvalue weighted by molar-refractivity contribution is 0.102. The average Bonchev–Trinajstić information content (AvgIpc) is 2.38. The lowest BCUT2D eigenvalue weighted by Crippen LogP contribution is -2.13. The van der Waals surface area contributed by atoms with Crippen LogP contribution in [0.4, 0.5) is 11.4 Å². The van der Waals surface area contributed by atoms with Crippen molar-refractivity contribution in [2.24, 2.45) is 0 Å². The van der Waals surface area contributed by atoms with Crippen molar-refractivity contribution in [3.63, 3.8) is 0 Å². The van der Waals surface area contributed by atoms with Gasteiger partial charge < -0.3 is 11.1 Å². The van der Waals surface area contributed by atoms with Crippen molar-refractivity contribution in [3.8, 4) is 0 Å². The normalized spacial score (nSPS) is 10.2. The van der Waals surface area contributed by atoms with Crippen molar-refractivity contribution in [1.82, 2.24) is 0 Å². The van der Waals surface area contributed by atoms with E-state index in [1.165, 1.54) is 0 Å². The van der Waals surface area contributed by atoms with E-state index in [-0.39, 0.29) is 5.91 Å². The molecule has 2 aromatic carbocycles. The average molecular weight is 293 g/mol. The highest BCUT2D eigenvalue weighted by molar-refractivity contribution is 7.98. The van der Waals surface area contributed by atoms with E-state index in [1.54, 1.807) is 30.0 Å². The highest BCUT2D eigenvalue weighted by Crippen LogP contribution is 2.22. The third kappa shape index (κ3) is 3.43. The zero-order valence-corrected chi connectivity index (χ0v) is 11.9. The van der Waals surface area contributed by atoms with Crippen LogP contribution in [0.2, 0.25) is 5.02 Å². The molecule has 0 aliphatic heterocycles. The van der Waals surface area contributed by atoms with Crippen LogP contribution in [-0.2, 0) is 0 Å². The van der Waals surface area contributed by atoms with Crippen molar-refractivity contribution in [2.75, 3.05) is 17.3 Å². The van der Waals surface area contributed by atoms with Crippen molar-refractivity contribution in [2.45, 2.75) is 4.90 Å². The molecule has 3 nitrogen and oxygen atoms in total. The summed E-state index contributed by atoms with van der Waals surface area (Å²) in [5, 5.41) is 3.33. The molecule has 1 amide bonds. The first-order valence-corrected chi connectivity index (χ1v) is 7.21. The fourth-order valence-electron chi connectivity index (χ4n) is 1.64. The number of hydrogen-bond donors (Lipinski definition) is 2. The van der Waals surface area contributed by atoms with Crippen LogP contribution in [0, 0.1) is 0 Å². The number of carbonyl (C=O) groups excluding carboxylic acids is 1. The van der Waals surface area contributed by atoms with E-state index in [9.17, 15) is 4.79 Å². The molecule has 0 fully saturated rings. The second-order valence-electron chi connectivity index (χ2n) is 3.92. The SMILES string of the molecule is CSc1cccc(NC(=O)c2ccc(Cl)cc2N)c1. The van der Waals surface area contributed by atoms with Gasteiger partial charge in [0, 0.05) is 21.3 Å². The quantitative estimate of drug-likeness (QED) is 0.666. The molecule has 19 heavy (non-hydrogen) atoms. The number of halogens is 1. The molecule has 0 heterocycles. The molecule has 2 rings (SSSR count). The summed E-state index contributed by atoms with van der Waals surface area (Å²) in [5.74, 6) is -0.243. The van der Waals surface area contributed by atoms with E-state index >= 15 is 0 Å². The summed E-state index contributed by atoms with van der Waals surface area (Å²) in [7, 11) is 0. The van der Waals surface area contributed by atoms with Crippen LogP contribution < -0.4 is 11.1 Å². The second kappa shape index (κ2) is 5.99. The minimum atomic E-state index is -0.243. The smallest absolute Gasteiger partial charge is 0.257 e. The fourth-order valence-corrected chi connectivity index (χ4v) is 2.28. The standard InChI is InChI=1S/C14H13ClN2OS/c1-19-11-4-2-3-10(8-11)17-14(18)12-6-5-9(15)7-13(12)16/h2-8H,16H2,1H3,(H,17,18). The molecule has 0 bridgehead atoms. The molecule has 0 saturated heterocycles. The van der Waals surface area contributed by atoms with Gasteiger partial charge in [0.05, 0.1) is 5.56 Å². The van der Waals surface area contributed by atoms with Gasteiger partial charge in [-0.05, 0) is 42.7 Å². The molecule has 98 valence electrons. The molecule has 0 spiro atoms. The molecule has 3 N–H and O–H groups in total. The monoisotopic (exact) mass is 292 g/mol. The van der Waals surface area contributed by atoms with Crippen LogP contribution in [0.1, 0.15) is 10.4 Å². The molecule has 0 atom stereocenters. The first kappa shape index (κ1) is 13.8. The third-order valence-electron chi connectivity index (χ3n) is 2.59. The Morgan fingerprint density at radius 3 is 2.74 bits per heavy atom. The maximum absolute atomic E-state index is 12.1. The number of nitrogens with two attached hydrogens (primary N) is 1. The van der Waals surface area contributed by atoms with Gasteiger partial charge >= 0.3 is 0 Å². The number of rotatable bonds is 3. The van der Waals surface area contributed by atoms with E-state index in [4.69, 9.17) is 17.3 Å². The van der Waals surface area contributed by atoms with E-state index in [2.05, 4.69) is 5.32 Å². The molecular formula is C14H13ClN2OS. The molecule has 2 aromatic rings. The zero-order valence-electron chi connectivity index (χ0n) is 10.3. The lowest BCUT2D eigenvalue weighted by atomic mass is 10.1. The molecular weight excluding hydrogens is 280 g/mol. The molecule has 0 saturated carbocycles. The van der Waals surface area contributed by atoms with E-state index in [0.29, 0.717) is 16.3 Å². The Labute approximate surface area is 121 Å². The van der Waals surface area contributed by atoms with Gasteiger partial charge in [-0.2, -0.15) is 0 Å². The highest BCUT2D eigenvalue weighted by Gasteiger charge is 2.10. The second-order valence-corrected chi connectivity index (χ2v) is 5.23. The van der Waals surface area contributed by atoms with Crippen molar-refractivity contribution in [1.29, 1.82) is 0 Å². The summed E-state index contributed by atoms with van der Waals surface area (Å²) in [5.41, 5.74) is 7.31. The molecule has 0 radical (unpaired) electrons. The van der Waals surface area contributed by atoms with Gasteiger partial charge in [0.25, 0.3) is 5.91 Å². The van der Waals surface area contributed by atoms with Crippen molar-refractivity contribution in [3.05, 3.63) is 53.1 Å². The Hall–Kier alpha value is -1.65. The Morgan fingerprint density at radius 1 is 1.26 bits per heavy atom. The summed E-state index contributed by atoms with van der Waals surface area (Å²) >= 11 is 7.42. The lowest BCUT2D eigenvalue weighted by Gasteiger charge is -2.08. The van der Waals surface area contributed by atoms with Gasteiger partial charge in [-0.1, -0.05) is 17.7 Å². The van der Waals surface area contributed by atoms with Gasteiger partial charge in [0.1, 0.15) is 0 Å². The maximum Gasteiger partial charge on any atom is 0.257 e. The van der Waals surface area contributed by atoms with E-state index in [0.717, 1.165) is 10.6 Å². The maximum atomic E-state index is 12.1. The topological polar surface area (TPSA) is 55.1 Å². The molecule has 0 unspecified atom stereocenters. The minimum Gasteiger partial charge on any atom is -0.398 e. The van der Waals surface area contributed by atoms with E-state index < -0.39 is 0 Å². The predicted molar refractivity (Wildman–Crippen MR) is 82.0 cm³/mol. The Kier molecular flexibility index (Phi) is 4.35. The Morgan fingerprint density at radius 2 is 2.05 bits per heavy atom. The Balaban J connectivity index is 2.20. The fraction of sp³-hybridized carbons (Fsp3) is 0.0714. The van der Waals surface area contributed by atoms with Crippen LogP contribution in [-0.4, -0.2) is 12.2 Å². The van der Waals surface area contributed by atoms with E-state index in [1.807, 2.05) is 30.5 Å². The number of carbonyl (C=O) groups is 1. The molecule has 5 heteroatoms.